The minimum absolute atomic E-state index is 0.0445. The first-order chi connectivity index (χ1) is 12.6. The summed E-state index contributed by atoms with van der Waals surface area (Å²) in [6.07, 6.45) is 5.12. The highest BCUT2D eigenvalue weighted by Crippen LogP contribution is 2.34. The third-order valence-electron chi connectivity index (χ3n) is 4.84. The van der Waals surface area contributed by atoms with E-state index in [0.717, 1.165) is 31.2 Å². The molecule has 1 aromatic carbocycles. The Balaban J connectivity index is 1.90. The lowest BCUT2D eigenvalue weighted by atomic mass is 9.94. The van der Waals surface area contributed by atoms with Gasteiger partial charge in [0, 0.05) is 11.3 Å². The zero-order chi connectivity index (χ0) is 18.5. The molecule has 2 aliphatic rings. The minimum atomic E-state index is -0.595. The Labute approximate surface area is 153 Å². The molecule has 0 bridgehead atoms. The Morgan fingerprint density at radius 3 is 2.65 bits per heavy atom. The second-order valence-corrected chi connectivity index (χ2v) is 6.71. The monoisotopic (exact) mass is 358 g/mol. The van der Waals surface area contributed by atoms with E-state index in [0.29, 0.717) is 23.6 Å². The fraction of sp³-hybridized carbons (Fsp3) is 0.500. The minimum Gasteiger partial charge on any atom is -0.494 e. The Morgan fingerprint density at radius 1 is 1.19 bits per heavy atom. The Kier molecular flexibility index (Phi) is 5.81. The van der Waals surface area contributed by atoms with Crippen LogP contribution in [-0.2, 0) is 9.53 Å². The number of hydrogen-bond acceptors (Lipinski definition) is 4. The van der Waals surface area contributed by atoms with Crippen LogP contribution in [0.4, 0.5) is 4.79 Å². The predicted octanol–water partition coefficient (Wildman–Crippen LogP) is 3.59. The van der Waals surface area contributed by atoms with E-state index in [1.54, 1.807) is 6.92 Å². The predicted molar refractivity (Wildman–Crippen MR) is 97.7 cm³/mol. The molecule has 6 nitrogen and oxygen atoms in total. The van der Waals surface area contributed by atoms with Gasteiger partial charge in [-0.3, -0.25) is 0 Å². The highest BCUT2D eigenvalue weighted by atomic mass is 16.5. The van der Waals surface area contributed by atoms with Gasteiger partial charge in [-0.25, -0.2) is 9.59 Å². The molecule has 0 saturated heterocycles. The third-order valence-corrected chi connectivity index (χ3v) is 4.84. The van der Waals surface area contributed by atoms with E-state index in [4.69, 9.17) is 9.47 Å². The summed E-state index contributed by atoms with van der Waals surface area (Å²) in [6.45, 7) is 4.13. The first-order valence-corrected chi connectivity index (χ1v) is 9.31. The number of benzene rings is 1. The molecule has 1 aromatic rings. The molecule has 3 rings (SSSR count). The summed E-state index contributed by atoms with van der Waals surface area (Å²) in [4.78, 5) is 25.0. The zero-order valence-corrected chi connectivity index (χ0v) is 15.3. The maximum atomic E-state index is 12.9. The van der Waals surface area contributed by atoms with E-state index in [-0.39, 0.29) is 18.1 Å². The lowest BCUT2D eigenvalue weighted by molar-refractivity contribution is -0.146. The Bertz CT molecular complexity index is 708. The number of amides is 2. The maximum absolute atomic E-state index is 12.9. The number of para-hydroxylation sites is 1. The van der Waals surface area contributed by atoms with Gasteiger partial charge in [-0.15, -0.1) is 0 Å². The van der Waals surface area contributed by atoms with Crippen molar-refractivity contribution in [3.8, 4) is 5.75 Å². The van der Waals surface area contributed by atoms with Gasteiger partial charge in [0.2, 0.25) is 0 Å². The average molecular weight is 358 g/mol. The number of carbonyl (C=O) groups is 2. The van der Waals surface area contributed by atoms with Crippen LogP contribution in [-0.4, -0.2) is 24.7 Å². The molecule has 1 fully saturated rings. The molecule has 0 radical (unpaired) electrons. The van der Waals surface area contributed by atoms with E-state index in [1.807, 2.05) is 31.2 Å². The van der Waals surface area contributed by atoms with Crippen molar-refractivity contribution in [3.05, 3.63) is 41.1 Å². The quantitative estimate of drug-likeness (QED) is 0.789. The fourth-order valence-electron chi connectivity index (χ4n) is 3.60. The smallest absolute Gasteiger partial charge is 0.338 e. The summed E-state index contributed by atoms with van der Waals surface area (Å²) in [5.74, 6) is 0.274. The van der Waals surface area contributed by atoms with Crippen molar-refractivity contribution in [1.82, 2.24) is 10.6 Å². The fourth-order valence-corrected chi connectivity index (χ4v) is 3.60. The van der Waals surface area contributed by atoms with Gasteiger partial charge in [-0.05, 0) is 45.6 Å². The van der Waals surface area contributed by atoms with Gasteiger partial charge in [-0.2, -0.15) is 0 Å². The molecule has 1 saturated carbocycles. The van der Waals surface area contributed by atoms with Crippen molar-refractivity contribution in [2.45, 2.75) is 58.1 Å². The summed E-state index contributed by atoms with van der Waals surface area (Å²) >= 11 is 0. The molecule has 2 N–H and O–H groups in total. The average Bonchev–Trinajstić information content (AvgIpc) is 2.62. The normalized spacial score (nSPS) is 21.0. The Morgan fingerprint density at radius 2 is 1.92 bits per heavy atom. The summed E-state index contributed by atoms with van der Waals surface area (Å²) in [5.41, 5.74) is 1.70. The molecule has 2 amide bonds. The first kappa shape index (κ1) is 18.3. The van der Waals surface area contributed by atoms with Crippen LogP contribution in [0.15, 0.2) is 35.5 Å². The molecule has 1 aliphatic heterocycles. The van der Waals surface area contributed by atoms with Crippen LogP contribution in [0.2, 0.25) is 0 Å². The third kappa shape index (κ3) is 4.00. The van der Waals surface area contributed by atoms with E-state index in [2.05, 4.69) is 10.6 Å². The van der Waals surface area contributed by atoms with Gasteiger partial charge < -0.3 is 20.1 Å². The van der Waals surface area contributed by atoms with Crippen LogP contribution < -0.4 is 15.4 Å². The lowest BCUT2D eigenvalue weighted by Gasteiger charge is -2.30. The van der Waals surface area contributed by atoms with E-state index >= 15 is 0 Å². The van der Waals surface area contributed by atoms with E-state index in [1.165, 1.54) is 6.42 Å². The van der Waals surface area contributed by atoms with Crippen LogP contribution >= 0.6 is 0 Å². The highest BCUT2D eigenvalue weighted by molar-refractivity contribution is 5.95. The SMILES string of the molecule is CCOc1ccccc1[C@@H]1NC(=O)NC(C)=C1C(=O)OC1CCCCC1. The van der Waals surface area contributed by atoms with E-state index < -0.39 is 6.04 Å². The second kappa shape index (κ2) is 8.25. The maximum Gasteiger partial charge on any atom is 0.338 e. The number of nitrogens with one attached hydrogen (secondary N) is 2. The summed E-state index contributed by atoms with van der Waals surface area (Å²) in [7, 11) is 0. The van der Waals surface area contributed by atoms with Crippen LogP contribution in [0.3, 0.4) is 0 Å². The number of carbonyl (C=O) groups excluding carboxylic acids is 2. The van der Waals surface area contributed by atoms with Crippen molar-refractivity contribution in [1.29, 1.82) is 0 Å². The molecule has 0 unspecified atom stereocenters. The molecule has 1 heterocycles. The van der Waals surface area contributed by atoms with Crippen molar-refractivity contribution in [3.63, 3.8) is 0 Å². The molecule has 1 atom stereocenters. The molecular weight excluding hydrogens is 332 g/mol. The van der Waals surface area contributed by atoms with Crippen LogP contribution in [0.5, 0.6) is 5.75 Å². The van der Waals surface area contributed by atoms with Crippen molar-refractivity contribution in [2.75, 3.05) is 6.61 Å². The Hall–Kier alpha value is -2.50. The topological polar surface area (TPSA) is 76.7 Å². The second-order valence-electron chi connectivity index (χ2n) is 6.71. The van der Waals surface area contributed by atoms with Crippen LogP contribution in [0.1, 0.15) is 57.6 Å². The molecular formula is C20H26N2O4. The number of hydrogen-bond donors (Lipinski definition) is 2. The van der Waals surface area contributed by atoms with Crippen molar-refractivity contribution in [2.24, 2.45) is 0 Å². The van der Waals surface area contributed by atoms with Gasteiger partial charge >= 0.3 is 12.0 Å². The number of rotatable bonds is 5. The summed E-state index contributed by atoms with van der Waals surface area (Å²) < 4.78 is 11.5. The van der Waals surface area contributed by atoms with E-state index in [9.17, 15) is 9.59 Å². The zero-order valence-electron chi connectivity index (χ0n) is 15.3. The number of urea groups is 1. The van der Waals surface area contributed by atoms with Crippen LogP contribution in [0.25, 0.3) is 0 Å². The van der Waals surface area contributed by atoms with Crippen molar-refractivity contribution < 1.29 is 19.1 Å². The molecule has 6 heteroatoms. The summed E-state index contributed by atoms with van der Waals surface area (Å²) in [5, 5.41) is 5.53. The molecule has 140 valence electrons. The molecule has 1 aliphatic carbocycles. The summed E-state index contributed by atoms with van der Waals surface area (Å²) in [6, 6.07) is 6.50. The lowest BCUT2D eigenvalue weighted by Crippen LogP contribution is -2.45. The van der Waals surface area contributed by atoms with Gasteiger partial charge in [0.05, 0.1) is 18.2 Å². The standard InChI is InChI=1S/C20H26N2O4/c1-3-25-16-12-8-7-11-15(16)18-17(13(2)21-20(24)22-18)19(23)26-14-9-5-4-6-10-14/h7-8,11-12,14,18H,3-6,9-10H2,1-2H3,(H2,21,22,24)/t18-/m0/s1. The number of esters is 1. The van der Waals surface area contributed by atoms with Crippen molar-refractivity contribution >= 4 is 12.0 Å². The van der Waals surface area contributed by atoms with Gasteiger partial charge in [-0.1, -0.05) is 24.6 Å². The highest BCUT2D eigenvalue weighted by Gasteiger charge is 2.35. The largest absolute Gasteiger partial charge is 0.494 e. The molecule has 26 heavy (non-hydrogen) atoms. The van der Waals surface area contributed by atoms with Gasteiger partial charge in [0.25, 0.3) is 0 Å². The number of allylic oxidation sites excluding steroid dienone is 1. The molecule has 0 spiro atoms. The number of ether oxygens (including phenoxy) is 2. The molecule has 0 aromatic heterocycles. The van der Waals surface area contributed by atoms with Crippen LogP contribution in [0, 0.1) is 0 Å². The first-order valence-electron chi connectivity index (χ1n) is 9.31. The van der Waals surface area contributed by atoms with Gasteiger partial charge in [0.1, 0.15) is 11.9 Å². The van der Waals surface area contributed by atoms with Gasteiger partial charge in [0.15, 0.2) is 0 Å².